The number of allylic oxidation sites excluding steroid dienone is 1. The maximum atomic E-state index is 8.67. The molecule has 1 rings (SSSR count). The van der Waals surface area contributed by atoms with Gasteiger partial charge in [-0.25, -0.2) is 0 Å². The maximum Gasteiger partial charge on any atom is 0.130 e. The van der Waals surface area contributed by atoms with Gasteiger partial charge in [0.2, 0.25) is 0 Å². The molecular formula is C9H11NO2. The average Bonchev–Trinajstić information content (AvgIpc) is 2.48. The third-order valence-corrected chi connectivity index (χ3v) is 1.30. The van der Waals surface area contributed by atoms with Crippen molar-refractivity contribution in [1.82, 2.24) is 0 Å². The minimum atomic E-state index is -0.0859. The molecule has 3 N–H and O–H groups in total. The highest BCUT2D eigenvalue weighted by Crippen LogP contribution is 2.09. The van der Waals surface area contributed by atoms with E-state index in [1.807, 2.05) is 0 Å². The van der Waals surface area contributed by atoms with E-state index in [1.54, 1.807) is 24.3 Å². The van der Waals surface area contributed by atoms with Crippen LogP contribution in [0.15, 0.2) is 34.9 Å². The monoisotopic (exact) mass is 165 g/mol. The second kappa shape index (κ2) is 3.78. The lowest BCUT2D eigenvalue weighted by Gasteiger charge is -1.87. The Morgan fingerprint density at radius 2 is 2.42 bits per heavy atom. The van der Waals surface area contributed by atoms with Gasteiger partial charge in [-0.05, 0) is 24.3 Å². The summed E-state index contributed by atoms with van der Waals surface area (Å²) in [5, 5.41) is 8.67. The van der Waals surface area contributed by atoms with Gasteiger partial charge in [-0.1, -0.05) is 6.58 Å². The first-order valence-corrected chi connectivity index (χ1v) is 3.54. The van der Waals surface area contributed by atoms with Crippen LogP contribution in [0.1, 0.15) is 11.5 Å². The summed E-state index contributed by atoms with van der Waals surface area (Å²) in [5.41, 5.74) is 5.78. The molecule has 0 aliphatic heterocycles. The van der Waals surface area contributed by atoms with E-state index in [0.717, 1.165) is 0 Å². The smallest absolute Gasteiger partial charge is 0.130 e. The Labute approximate surface area is 70.8 Å². The van der Waals surface area contributed by atoms with Crippen molar-refractivity contribution in [3.05, 3.63) is 42.0 Å². The molecule has 0 atom stereocenters. The number of furan rings is 1. The second-order valence-electron chi connectivity index (χ2n) is 2.37. The van der Waals surface area contributed by atoms with Crippen LogP contribution in [-0.4, -0.2) is 5.11 Å². The van der Waals surface area contributed by atoms with Crippen molar-refractivity contribution >= 4 is 6.08 Å². The lowest BCUT2D eigenvalue weighted by molar-refractivity contribution is 0.246. The molecule has 0 aliphatic carbocycles. The summed E-state index contributed by atoms with van der Waals surface area (Å²) in [6.45, 7) is 3.41. The summed E-state index contributed by atoms with van der Waals surface area (Å²) in [6.07, 6.45) is 3.33. The zero-order valence-corrected chi connectivity index (χ0v) is 6.66. The van der Waals surface area contributed by atoms with Crippen LogP contribution < -0.4 is 5.73 Å². The molecule has 12 heavy (non-hydrogen) atoms. The first-order chi connectivity index (χ1) is 5.72. The van der Waals surface area contributed by atoms with Gasteiger partial charge in [0.25, 0.3) is 0 Å². The predicted molar refractivity (Wildman–Crippen MR) is 47.0 cm³/mol. The molecule has 1 aromatic rings. The van der Waals surface area contributed by atoms with Gasteiger partial charge in [-0.3, -0.25) is 0 Å². The van der Waals surface area contributed by atoms with E-state index in [2.05, 4.69) is 6.58 Å². The van der Waals surface area contributed by atoms with Gasteiger partial charge in [0.15, 0.2) is 0 Å². The first-order valence-electron chi connectivity index (χ1n) is 3.54. The topological polar surface area (TPSA) is 59.4 Å². The summed E-state index contributed by atoms with van der Waals surface area (Å²) >= 11 is 0. The molecule has 0 amide bonds. The number of aliphatic hydroxyl groups excluding tert-OH is 1. The molecule has 0 aromatic carbocycles. The fourth-order valence-corrected chi connectivity index (χ4v) is 0.758. The van der Waals surface area contributed by atoms with Crippen LogP contribution >= 0.6 is 0 Å². The lowest BCUT2D eigenvalue weighted by Crippen LogP contribution is -1.87. The summed E-state index contributed by atoms with van der Waals surface area (Å²) in [7, 11) is 0. The second-order valence-corrected chi connectivity index (χ2v) is 2.37. The fourth-order valence-electron chi connectivity index (χ4n) is 0.758. The first kappa shape index (κ1) is 8.62. The van der Waals surface area contributed by atoms with Gasteiger partial charge in [-0.2, -0.15) is 0 Å². The lowest BCUT2D eigenvalue weighted by atomic mass is 10.3. The number of hydrogen-bond donors (Lipinski definition) is 2. The molecule has 64 valence electrons. The van der Waals surface area contributed by atoms with Crippen LogP contribution in [0.2, 0.25) is 0 Å². The Bertz CT molecular complexity index is 299. The Hall–Kier alpha value is -1.48. The van der Waals surface area contributed by atoms with Crippen molar-refractivity contribution < 1.29 is 9.52 Å². The third kappa shape index (κ3) is 2.29. The molecule has 0 radical (unpaired) electrons. The zero-order chi connectivity index (χ0) is 8.97. The van der Waals surface area contributed by atoms with E-state index in [4.69, 9.17) is 15.3 Å². The van der Waals surface area contributed by atoms with Crippen molar-refractivity contribution in [3.63, 3.8) is 0 Å². The normalized spacial score (nSPS) is 10.8. The van der Waals surface area contributed by atoms with Crippen LogP contribution in [0, 0.1) is 0 Å². The van der Waals surface area contributed by atoms with Gasteiger partial charge in [0, 0.05) is 5.70 Å². The van der Waals surface area contributed by atoms with Crippen molar-refractivity contribution in [2.45, 2.75) is 6.61 Å². The Morgan fingerprint density at radius 1 is 1.67 bits per heavy atom. The van der Waals surface area contributed by atoms with Crippen LogP contribution in [-0.2, 0) is 6.61 Å². The van der Waals surface area contributed by atoms with Crippen molar-refractivity contribution in [2.75, 3.05) is 0 Å². The Morgan fingerprint density at radius 3 is 2.92 bits per heavy atom. The van der Waals surface area contributed by atoms with Crippen LogP contribution in [0.3, 0.4) is 0 Å². The number of nitrogens with two attached hydrogens (primary N) is 1. The van der Waals surface area contributed by atoms with Gasteiger partial charge in [0.05, 0.1) is 0 Å². The molecule has 0 aliphatic rings. The molecule has 0 spiro atoms. The van der Waals surface area contributed by atoms with Gasteiger partial charge in [-0.15, -0.1) is 0 Å². The summed E-state index contributed by atoms with van der Waals surface area (Å²) in [5.74, 6) is 1.20. The Kier molecular flexibility index (Phi) is 2.71. The average molecular weight is 165 g/mol. The highest BCUT2D eigenvalue weighted by Gasteiger charge is 1.95. The van der Waals surface area contributed by atoms with Gasteiger partial charge < -0.3 is 15.3 Å². The molecule has 0 saturated heterocycles. The quantitative estimate of drug-likeness (QED) is 0.663. The maximum absolute atomic E-state index is 8.67. The zero-order valence-electron chi connectivity index (χ0n) is 6.66. The molecule has 3 heteroatoms. The van der Waals surface area contributed by atoms with Crippen LogP contribution in [0.4, 0.5) is 0 Å². The number of rotatable bonds is 3. The van der Waals surface area contributed by atoms with E-state index < -0.39 is 0 Å². The summed E-state index contributed by atoms with van der Waals surface area (Å²) in [4.78, 5) is 0. The van der Waals surface area contributed by atoms with E-state index in [-0.39, 0.29) is 6.61 Å². The minimum Gasteiger partial charge on any atom is -0.459 e. The molecule has 1 heterocycles. The molecule has 1 aromatic heterocycles. The largest absolute Gasteiger partial charge is 0.459 e. The molecule has 3 nitrogen and oxygen atoms in total. The predicted octanol–water partition coefficient (Wildman–Crippen LogP) is 1.26. The molecular weight excluding hydrogens is 154 g/mol. The number of aliphatic hydroxyl groups is 1. The molecule has 0 bridgehead atoms. The third-order valence-electron chi connectivity index (χ3n) is 1.30. The van der Waals surface area contributed by atoms with Crippen LogP contribution in [0.25, 0.3) is 6.08 Å². The van der Waals surface area contributed by atoms with E-state index in [0.29, 0.717) is 17.2 Å². The molecule has 0 unspecified atom stereocenters. The highest BCUT2D eigenvalue weighted by atomic mass is 16.4. The molecule has 0 saturated carbocycles. The highest BCUT2D eigenvalue weighted by molar-refractivity contribution is 5.46. The van der Waals surface area contributed by atoms with Gasteiger partial charge >= 0.3 is 0 Å². The van der Waals surface area contributed by atoms with Crippen molar-refractivity contribution in [2.24, 2.45) is 5.73 Å². The summed E-state index contributed by atoms with van der Waals surface area (Å²) in [6, 6.07) is 3.46. The standard InChI is InChI=1S/C9H11NO2/c1-7(10)2-3-8-4-5-9(6-11)12-8/h2-5,11H,1,6,10H2/b3-2+. The Balaban J connectivity index is 2.70. The molecule has 0 fully saturated rings. The fraction of sp³-hybridized carbons (Fsp3) is 0.111. The summed E-state index contributed by atoms with van der Waals surface area (Å²) < 4.78 is 5.15. The van der Waals surface area contributed by atoms with Gasteiger partial charge in [0.1, 0.15) is 18.1 Å². The number of hydrogen-bond acceptors (Lipinski definition) is 3. The minimum absolute atomic E-state index is 0.0859. The van der Waals surface area contributed by atoms with E-state index in [1.165, 1.54) is 0 Å². The van der Waals surface area contributed by atoms with E-state index >= 15 is 0 Å². The van der Waals surface area contributed by atoms with E-state index in [9.17, 15) is 0 Å². The SMILES string of the molecule is C=C(N)/C=C/c1ccc(CO)o1. The van der Waals surface area contributed by atoms with Crippen LogP contribution in [0.5, 0.6) is 0 Å². The van der Waals surface area contributed by atoms with Crippen molar-refractivity contribution in [1.29, 1.82) is 0 Å². The van der Waals surface area contributed by atoms with Crippen molar-refractivity contribution in [3.8, 4) is 0 Å².